The fraction of sp³-hybridized carbons (Fsp3) is 0.700. The van der Waals surface area contributed by atoms with Crippen LogP contribution in [-0.4, -0.2) is 50.5 Å². The lowest BCUT2D eigenvalue weighted by Crippen LogP contribution is -2.39. The predicted octanol–water partition coefficient (Wildman–Crippen LogP) is 3.70. The highest BCUT2D eigenvalue weighted by Crippen LogP contribution is 2.24. The smallest absolute Gasteiger partial charge is 0.0599 e. The molecule has 1 aromatic carbocycles. The first-order valence-corrected chi connectivity index (χ1v) is 9.31. The summed E-state index contributed by atoms with van der Waals surface area (Å²) >= 11 is 0. The third-order valence-electron chi connectivity index (χ3n) is 5.37. The molecule has 0 aromatic heterocycles. The van der Waals surface area contributed by atoms with Crippen LogP contribution in [0.15, 0.2) is 30.3 Å². The van der Waals surface area contributed by atoms with Crippen molar-refractivity contribution in [3.05, 3.63) is 35.9 Å². The van der Waals surface area contributed by atoms with E-state index >= 15 is 0 Å². The Morgan fingerprint density at radius 1 is 1.17 bits per heavy atom. The van der Waals surface area contributed by atoms with Gasteiger partial charge in [-0.3, -0.25) is 0 Å². The second kappa shape index (κ2) is 8.81. The molecular formula is C20H31NO2. The van der Waals surface area contributed by atoms with Crippen molar-refractivity contribution < 1.29 is 9.47 Å². The van der Waals surface area contributed by atoms with E-state index in [1.54, 1.807) is 0 Å². The Bertz CT molecular complexity index is 436. The first-order valence-electron chi connectivity index (χ1n) is 9.31. The van der Waals surface area contributed by atoms with Gasteiger partial charge in [-0.15, -0.1) is 0 Å². The van der Waals surface area contributed by atoms with Crippen LogP contribution in [0.3, 0.4) is 0 Å². The van der Waals surface area contributed by atoms with Crippen molar-refractivity contribution in [2.75, 3.05) is 39.5 Å². The third kappa shape index (κ3) is 5.03. The highest BCUT2D eigenvalue weighted by Gasteiger charge is 2.24. The topological polar surface area (TPSA) is 21.7 Å². The highest BCUT2D eigenvalue weighted by molar-refractivity contribution is 5.19. The van der Waals surface area contributed by atoms with Gasteiger partial charge < -0.3 is 14.4 Å². The Hall–Kier alpha value is -0.900. The van der Waals surface area contributed by atoms with Crippen molar-refractivity contribution in [2.24, 2.45) is 5.92 Å². The number of piperidine rings is 1. The molecule has 0 amide bonds. The summed E-state index contributed by atoms with van der Waals surface area (Å²) in [5, 5.41) is 0. The Morgan fingerprint density at radius 2 is 1.96 bits per heavy atom. The number of benzene rings is 1. The molecule has 0 bridgehead atoms. The zero-order valence-electron chi connectivity index (χ0n) is 14.5. The Morgan fingerprint density at radius 3 is 2.61 bits per heavy atom. The van der Waals surface area contributed by atoms with Gasteiger partial charge in [0.25, 0.3) is 0 Å². The fourth-order valence-corrected chi connectivity index (χ4v) is 3.75. The fourth-order valence-electron chi connectivity index (χ4n) is 3.75. The average Bonchev–Trinajstić information content (AvgIpc) is 3.13. The molecule has 3 heteroatoms. The molecule has 0 saturated carbocycles. The zero-order chi connectivity index (χ0) is 15.9. The summed E-state index contributed by atoms with van der Waals surface area (Å²) in [6.07, 6.45) is 5.21. The van der Waals surface area contributed by atoms with E-state index in [2.05, 4.69) is 42.2 Å². The van der Waals surface area contributed by atoms with Crippen molar-refractivity contribution in [3.8, 4) is 0 Å². The molecule has 2 atom stereocenters. The summed E-state index contributed by atoms with van der Waals surface area (Å²) in [6.45, 7) is 8.55. The Kier molecular flexibility index (Phi) is 6.49. The summed E-state index contributed by atoms with van der Waals surface area (Å²) in [4.78, 5) is 2.62. The van der Waals surface area contributed by atoms with Gasteiger partial charge in [0, 0.05) is 32.2 Å². The van der Waals surface area contributed by atoms with E-state index in [9.17, 15) is 0 Å². The van der Waals surface area contributed by atoms with Crippen LogP contribution >= 0.6 is 0 Å². The number of hydrogen-bond donors (Lipinski definition) is 0. The molecule has 2 saturated heterocycles. The van der Waals surface area contributed by atoms with E-state index in [4.69, 9.17) is 9.47 Å². The summed E-state index contributed by atoms with van der Waals surface area (Å²) < 4.78 is 11.5. The number of likely N-dealkylation sites (tertiary alicyclic amines) is 1. The summed E-state index contributed by atoms with van der Waals surface area (Å²) in [5.74, 6) is 1.29. The van der Waals surface area contributed by atoms with Crippen molar-refractivity contribution in [3.63, 3.8) is 0 Å². The molecule has 0 aliphatic carbocycles. The SMILES string of the molecule is CC[C@@H](CN1CCC(OC[C@@H]2CCOC2)CC1)c1ccccc1. The lowest BCUT2D eigenvalue weighted by atomic mass is 9.95. The number of ether oxygens (including phenoxy) is 2. The molecular weight excluding hydrogens is 286 g/mol. The molecule has 2 aliphatic rings. The normalized spacial score (nSPS) is 24.8. The maximum absolute atomic E-state index is 6.12. The summed E-state index contributed by atoms with van der Waals surface area (Å²) in [7, 11) is 0. The van der Waals surface area contributed by atoms with Gasteiger partial charge in [-0.2, -0.15) is 0 Å². The Labute approximate surface area is 141 Å². The van der Waals surface area contributed by atoms with E-state index in [0.717, 1.165) is 19.8 Å². The van der Waals surface area contributed by atoms with Crippen LogP contribution < -0.4 is 0 Å². The quantitative estimate of drug-likeness (QED) is 0.765. The first-order chi connectivity index (χ1) is 11.3. The van der Waals surface area contributed by atoms with Gasteiger partial charge in [0.1, 0.15) is 0 Å². The average molecular weight is 317 g/mol. The molecule has 2 fully saturated rings. The molecule has 0 unspecified atom stereocenters. The predicted molar refractivity (Wildman–Crippen MR) is 93.8 cm³/mol. The second-order valence-corrected chi connectivity index (χ2v) is 7.08. The molecule has 1 aromatic rings. The van der Waals surface area contributed by atoms with Crippen LogP contribution in [0.2, 0.25) is 0 Å². The van der Waals surface area contributed by atoms with E-state index < -0.39 is 0 Å². The molecule has 2 heterocycles. The molecule has 0 N–H and O–H groups in total. The number of hydrogen-bond acceptors (Lipinski definition) is 3. The van der Waals surface area contributed by atoms with Crippen LogP contribution in [0.1, 0.15) is 44.1 Å². The van der Waals surface area contributed by atoms with Gasteiger partial charge in [0.2, 0.25) is 0 Å². The standard InChI is InChI=1S/C20H31NO2/c1-2-18(19-6-4-3-5-7-19)14-21-11-8-20(9-12-21)23-16-17-10-13-22-15-17/h3-7,17-18,20H,2,8-16H2,1H3/t17-,18+/m1/s1. The number of rotatable bonds is 7. The van der Waals surface area contributed by atoms with Crippen LogP contribution in [-0.2, 0) is 9.47 Å². The third-order valence-corrected chi connectivity index (χ3v) is 5.37. The minimum Gasteiger partial charge on any atom is -0.381 e. The van der Waals surface area contributed by atoms with Crippen molar-refractivity contribution in [1.29, 1.82) is 0 Å². The largest absolute Gasteiger partial charge is 0.381 e. The zero-order valence-corrected chi connectivity index (χ0v) is 14.5. The van der Waals surface area contributed by atoms with Gasteiger partial charge in [-0.25, -0.2) is 0 Å². The summed E-state index contributed by atoms with van der Waals surface area (Å²) in [6, 6.07) is 11.0. The molecule has 0 spiro atoms. The molecule has 23 heavy (non-hydrogen) atoms. The minimum atomic E-state index is 0.462. The van der Waals surface area contributed by atoms with Crippen LogP contribution in [0.4, 0.5) is 0 Å². The van der Waals surface area contributed by atoms with Crippen LogP contribution in [0, 0.1) is 5.92 Å². The van der Waals surface area contributed by atoms with Gasteiger partial charge in [-0.1, -0.05) is 37.3 Å². The molecule has 128 valence electrons. The van der Waals surface area contributed by atoms with Gasteiger partial charge in [0.05, 0.1) is 19.3 Å². The minimum absolute atomic E-state index is 0.462. The lowest BCUT2D eigenvalue weighted by molar-refractivity contribution is -0.0112. The molecule has 3 nitrogen and oxygen atoms in total. The molecule has 3 rings (SSSR count). The van der Waals surface area contributed by atoms with E-state index in [0.29, 0.717) is 17.9 Å². The first kappa shape index (κ1) is 16.9. The lowest BCUT2D eigenvalue weighted by Gasteiger charge is -2.34. The van der Waals surface area contributed by atoms with Crippen molar-refractivity contribution in [1.82, 2.24) is 4.90 Å². The maximum Gasteiger partial charge on any atom is 0.0599 e. The van der Waals surface area contributed by atoms with Gasteiger partial charge >= 0.3 is 0 Å². The van der Waals surface area contributed by atoms with E-state index in [1.165, 1.54) is 50.9 Å². The highest BCUT2D eigenvalue weighted by atomic mass is 16.5. The van der Waals surface area contributed by atoms with Gasteiger partial charge in [0.15, 0.2) is 0 Å². The monoisotopic (exact) mass is 317 g/mol. The van der Waals surface area contributed by atoms with Crippen LogP contribution in [0.25, 0.3) is 0 Å². The molecule has 2 aliphatic heterocycles. The second-order valence-electron chi connectivity index (χ2n) is 7.08. The van der Waals surface area contributed by atoms with Crippen LogP contribution in [0.5, 0.6) is 0 Å². The number of nitrogens with zero attached hydrogens (tertiary/aromatic N) is 1. The summed E-state index contributed by atoms with van der Waals surface area (Å²) in [5.41, 5.74) is 1.48. The van der Waals surface area contributed by atoms with Gasteiger partial charge in [-0.05, 0) is 37.2 Å². The van der Waals surface area contributed by atoms with Crippen molar-refractivity contribution in [2.45, 2.75) is 44.6 Å². The van der Waals surface area contributed by atoms with Crippen molar-refractivity contribution >= 4 is 0 Å². The van der Waals surface area contributed by atoms with E-state index in [1.807, 2.05) is 0 Å². The molecule has 0 radical (unpaired) electrons. The Balaban J connectivity index is 1.39. The maximum atomic E-state index is 6.12. The van der Waals surface area contributed by atoms with E-state index in [-0.39, 0.29) is 0 Å².